The molecule has 0 amide bonds. The lowest BCUT2D eigenvalue weighted by Crippen LogP contribution is -2.37. The standard InChI is InChI=1S/C13H20N2O4S/c16-5-10-11(17)12(18)13(19-10)8-3-14-7-15(4-8)9-1-2-20-6-9/h3-4,9-13,16-18H,1-2,5-7H2/t9?,10-,11-,12-,13+/m1/s1. The van der Waals surface area contributed by atoms with Crippen LogP contribution in [0.25, 0.3) is 0 Å². The monoisotopic (exact) mass is 300 g/mol. The number of nitrogens with zero attached hydrogens (tertiary/aromatic N) is 2. The van der Waals surface area contributed by atoms with Gasteiger partial charge in [-0.3, -0.25) is 4.99 Å². The summed E-state index contributed by atoms with van der Waals surface area (Å²) >= 11 is 1.94. The number of rotatable bonds is 3. The minimum atomic E-state index is -1.06. The van der Waals surface area contributed by atoms with E-state index in [0.717, 1.165) is 17.7 Å². The Kier molecular flexibility index (Phi) is 4.32. The molecule has 20 heavy (non-hydrogen) atoms. The summed E-state index contributed by atoms with van der Waals surface area (Å²) in [6, 6.07) is 0.476. The first-order chi connectivity index (χ1) is 9.70. The average Bonchev–Trinajstić information content (AvgIpc) is 3.10. The minimum absolute atomic E-state index is 0.303. The molecular formula is C13H20N2O4S. The first kappa shape index (κ1) is 14.3. The lowest BCUT2D eigenvalue weighted by Gasteiger charge is -2.30. The molecule has 1 unspecified atom stereocenters. The minimum Gasteiger partial charge on any atom is -0.394 e. The second kappa shape index (κ2) is 6.03. The Hall–Kier alpha value is -0.600. The largest absolute Gasteiger partial charge is 0.394 e. The maximum Gasteiger partial charge on any atom is 0.114 e. The molecule has 0 aromatic heterocycles. The summed E-state index contributed by atoms with van der Waals surface area (Å²) in [6.07, 6.45) is 1.37. The zero-order valence-corrected chi connectivity index (χ0v) is 11.9. The number of ether oxygens (including phenoxy) is 1. The van der Waals surface area contributed by atoms with Gasteiger partial charge in [0, 0.05) is 29.8 Å². The van der Waals surface area contributed by atoms with Crippen molar-refractivity contribution in [3.05, 3.63) is 11.8 Å². The predicted octanol–water partition coefficient (Wildman–Crippen LogP) is -0.799. The molecule has 2 fully saturated rings. The fraction of sp³-hybridized carbons (Fsp3) is 0.769. The van der Waals surface area contributed by atoms with E-state index in [2.05, 4.69) is 9.89 Å². The van der Waals surface area contributed by atoms with Crippen LogP contribution in [0.15, 0.2) is 16.8 Å². The van der Waals surface area contributed by atoms with Gasteiger partial charge in [0.25, 0.3) is 0 Å². The fourth-order valence-electron chi connectivity index (χ4n) is 2.83. The van der Waals surface area contributed by atoms with Crippen molar-refractivity contribution in [1.82, 2.24) is 4.90 Å². The maximum atomic E-state index is 10.1. The van der Waals surface area contributed by atoms with Gasteiger partial charge in [0.05, 0.1) is 6.61 Å². The Morgan fingerprint density at radius 2 is 2.25 bits per heavy atom. The van der Waals surface area contributed by atoms with E-state index in [1.807, 2.05) is 18.0 Å². The Labute approximate surface area is 122 Å². The molecule has 3 heterocycles. The number of thioether (sulfide) groups is 1. The van der Waals surface area contributed by atoms with Gasteiger partial charge in [-0.1, -0.05) is 0 Å². The molecule has 0 saturated carbocycles. The topological polar surface area (TPSA) is 85.5 Å². The third-order valence-electron chi connectivity index (χ3n) is 4.05. The molecule has 0 aromatic carbocycles. The van der Waals surface area contributed by atoms with Crippen LogP contribution in [-0.2, 0) is 4.74 Å². The number of aliphatic hydroxyl groups excluding tert-OH is 3. The van der Waals surface area contributed by atoms with E-state index in [-0.39, 0.29) is 6.61 Å². The zero-order chi connectivity index (χ0) is 14.1. The number of aliphatic imine (C=N–C) groups is 1. The molecule has 7 heteroatoms. The first-order valence-corrected chi connectivity index (χ1v) is 8.03. The van der Waals surface area contributed by atoms with Crippen LogP contribution < -0.4 is 0 Å². The third-order valence-corrected chi connectivity index (χ3v) is 5.19. The molecule has 0 aliphatic carbocycles. The highest BCUT2D eigenvalue weighted by Gasteiger charge is 2.44. The van der Waals surface area contributed by atoms with Crippen molar-refractivity contribution in [2.45, 2.75) is 36.9 Å². The predicted molar refractivity (Wildman–Crippen MR) is 76.8 cm³/mol. The van der Waals surface area contributed by atoms with E-state index in [0.29, 0.717) is 12.7 Å². The lowest BCUT2D eigenvalue weighted by molar-refractivity contribution is -0.0133. The normalized spacial score (nSPS) is 41.2. The lowest BCUT2D eigenvalue weighted by atomic mass is 10.0. The van der Waals surface area contributed by atoms with Crippen molar-refractivity contribution in [3.8, 4) is 0 Å². The van der Waals surface area contributed by atoms with E-state index in [1.165, 1.54) is 5.75 Å². The van der Waals surface area contributed by atoms with Crippen molar-refractivity contribution in [2.75, 3.05) is 24.8 Å². The molecule has 3 aliphatic rings. The van der Waals surface area contributed by atoms with E-state index in [4.69, 9.17) is 9.84 Å². The van der Waals surface area contributed by atoms with Gasteiger partial charge in [-0.25, -0.2) is 0 Å². The molecule has 2 saturated heterocycles. The van der Waals surface area contributed by atoms with Crippen molar-refractivity contribution in [3.63, 3.8) is 0 Å². The van der Waals surface area contributed by atoms with Gasteiger partial charge in [-0.2, -0.15) is 11.8 Å². The molecule has 0 bridgehead atoms. The van der Waals surface area contributed by atoms with Crippen LogP contribution in [0.1, 0.15) is 6.42 Å². The summed E-state index contributed by atoms with van der Waals surface area (Å²) < 4.78 is 5.54. The van der Waals surface area contributed by atoms with Crippen molar-refractivity contribution >= 4 is 18.0 Å². The second-order valence-electron chi connectivity index (χ2n) is 5.37. The molecule has 0 aromatic rings. The fourth-order valence-corrected chi connectivity index (χ4v) is 4.07. The summed E-state index contributed by atoms with van der Waals surface area (Å²) in [5.74, 6) is 2.26. The van der Waals surface area contributed by atoms with Crippen LogP contribution in [0.3, 0.4) is 0 Å². The first-order valence-electron chi connectivity index (χ1n) is 6.88. The highest BCUT2D eigenvalue weighted by molar-refractivity contribution is 7.99. The molecule has 0 radical (unpaired) electrons. The summed E-state index contributed by atoms with van der Waals surface area (Å²) in [5.41, 5.74) is 0.760. The number of hydrogen-bond donors (Lipinski definition) is 3. The molecule has 3 rings (SSSR count). The van der Waals surface area contributed by atoms with Crippen molar-refractivity contribution in [1.29, 1.82) is 0 Å². The summed E-state index contributed by atoms with van der Waals surface area (Å²) in [5, 5.41) is 29.0. The molecule has 3 aliphatic heterocycles. The van der Waals surface area contributed by atoms with Gasteiger partial charge in [-0.15, -0.1) is 0 Å². The van der Waals surface area contributed by atoms with E-state index < -0.39 is 24.4 Å². The highest BCUT2D eigenvalue weighted by atomic mass is 32.2. The third kappa shape index (κ3) is 2.60. The Morgan fingerprint density at radius 3 is 2.90 bits per heavy atom. The van der Waals surface area contributed by atoms with Gasteiger partial charge in [0.1, 0.15) is 31.1 Å². The second-order valence-corrected chi connectivity index (χ2v) is 6.52. The summed E-state index contributed by atoms with van der Waals surface area (Å²) in [7, 11) is 0. The molecule has 0 spiro atoms. The molecule has 5 atom stereocenters. The quantitative estimate of drug-likeness (QED) is 0.633. The van der Waals surface area contributed by atoms with Gasteiger partial charge >= 0.3 is 0 Å². The van der Waals surface area contributed by atoms with Crippen molar-refractivity contribution < 1.29 is 20.1 Å². The maximum absolute atomic E-state index is 10.1. The molecular weight excluding hydrogens is 280 g/mol. The van der Waals surface area contributed by atoms with Crippen LogP contribution >= 0.6 is 11.8 Å². The van der Waals surface area contributed by atoms with E-state index in [1.54, 1.807) is 6.21 Å². The Balaban J connectivity index is 1.74. The van der Waals surface area contributed by atoms with Gasteiger partial charge < -0.3 is 25.0 Å². The van der Waals surface area contributed by atoms with Crippen LogP contribution in [0.5, 0.6) is 0 Å². The smallest absolute Gasteiger partial charge is 0.114 e. The van der Waals surface area contributed by atoms with Crippen molar-refractivity contribution in [2.24, 2.45) is 4.99 Å². The van der Waals surface area contributed by atoms with Crippen LogP contribution in [0, 0.1) is 0 Å². The molecule has 112 valence electrons. The summed E-state index contributed by atoms with van der Waals surface area (Å²) in [6.45, 7) is 0.325. The molecule has 6 nitrogen and oxygen atoms in total. The highest BCUT2D eigenvalue weighted by Crippen LogP contribution is 2.29. The Bertz CT molecular complexity index is 411. The van der Waals surface area contributed by atoms with E-state index in [9.17, 15) is 10.2 Å². The number of hydrogen-bond acceptors (Lipinski definition) is 7. The van der Waals surface area contributed by atoms with Gasteiger partial charge in [-0.05, 0) is 12.2 Å². The SMILES string of the molecule is OC[C@H]1O[C@@H](C2=CN(C3CCSC3)CN=C2)[C@H](O)[C@@H]1O. The van der Waals surface area contributed by atoms with Crippen LogP contribution in [0.2, 0.25) is 0 Å². The zero-order valence-electron chi connectivity index (χ0n) is 11.1. The van der Waals surface area contributed by atoms with Crippen LogP contribution in [-0.4, -0.2) is 81.7 Å². The van der Waals surface area contributed by atoms with Gasteiger partial charge in [0.2, 0.25) is 0 Å². The van der Waals surface area contributed by atoms with E-state index >= 15 is 0 Å². The molecule has 3 N–H and O–H groups in total. The average molecular weight is 300 g/mol. The summed E-state index contributed by atoms with van der Waals surface area (Å²) in [4.78, 5) is 6.50. The van der Waals surface area contributed by atoms with Crippen LogP contribution in [0.4, 0.5) is 0 Å². The Morgan fingerprint density at radius 1 is 1.40 bits per heavy atom. The number of aliphatic hydroxyl groups is 3. The van der Waals surface area contributed by atoms with Gasteiger partial charge in [0.15, 0.2) is 0 Å².